The van der Waals surface area contributed by atoms with Crippen LogP contribution in [0.3, 0.4) is 0 Å². The van der Waals surface area contributed by atoms with Crippen molar-refractivity contribution in [1.82, 2.24) is 15.0 Å². The third-order valence-corrected chi connectivity index (χ3v) is 6.04. The number of carbonyl (C=O) groups excluding carboxylic acids is 1. The Morgan fingerprint density at radius 1 is 1.29 bits per heavy atom. The third kappa shape index (κ3) is 8.27. The van der Waals surface area contributed by atoms with Crippen LogP contribution in [0.2, 0.25) is 0 Å². The molecule has 1 aliphatic rings. The van der Waals surface area contributed by atoms with Gasteiger partial charge in [0.25, 0.3) is 0 Å². The molecule has 1 unspecified atom stereocenters. The van der Waals surface area contributed by atoms with Crippen LogP contribution in [0.25, 0.3) is 0 Å². The molecule has 1 aromatic rings. The van der Waals surface area contributed by atoms with Crippen LogP contribution in [-0.2, 0) is 20.5 Å². The van der Waals surface area contributed by atoms with E-state index in [0.717, 1.165) is 16.3 Å². The number of carbonyl (C=O) groups is 1. The number of hydrogen-bond acceptors (Lipinski definition) is 6. The van der Waals surface area contributed by atoms with Crippen molar-refractivity contribution in [2.75, 3.05) is 0 Å². The highest BCUT2D eigenvalue weighted by Gasteiger charge is 2.27. The van der Waals surface area contributed by atoms with Crippen molar-refractivity contribution in [3.05, 3.63) is 39.5 Å². The van der Waals surface area contributed by atoms with Crippen LogP contribution < -0.4 is 10.0 Å². The van der Waals surface area contributed by atoms with Gasteiger partial charge in [0.05, 0.1) is 11.7 Å². The number of amides is 1. The van der Waals surface area contributed by atoms with Crippen molar-refractivity contribution in [1.29, 1.82) is 0 Å². The van der Waals surface area contributed by atoms with Gasteiger partial charge in [-0.1, -0.05) is 39.3 Å². The minimum Gasteiger partial charge on any atom is -0.444 e. The normalized spacial score (nSPS) is 18.6. The first kappa shape index (κ1) is 25.4. The number of nitrogens with zero attached hydrogens (tertiary/aromatic N) is 1. The summed E-state index contributed by atoms with van der Waals surface area (Å²) in [7, 11) is -4.31. The lowest BCUT2D eigenvalue weighted by molar-refractivity contribution is 0.0503. The summed E-state index contributed by atoms with van der Waals surface area (Å²) >= 11 is 1.49. The summed E-state index contributed by atoms with van der Waals surface area (Å²) in [6.07, 6.45) is 4.04. The van der Waals surface area contributed by atoms with Crippen LogP contribution in [0.1, 0.15) is 78.1 Å². The van der Waals surface area contributed by atoms with Gasteiger partial charge < -0.3 is 10.1 Å². The molecule has 1 aromatic heterocycles. The number of hydrogen-bond donors (Lipinski definition) is 3. The van der Waals surface area contributed by atoms with Crippen LogP contribution in [0, 0.1) is 5.92 Å². The molecular formula is C21H33N3O5S2. The molecule has 174 valence electrons. The average molecular weight is 472 g/mol. The van der Waals surface area contributed by atoms with Crippen molar-refractivity contribution >= 4 is 27.7 Å². The molecule has 2 rings (SSSR count). The Balaban J connectivity index is 2.27. The lowest BCUT2D eigenvalue weighted by Crippen LogP contribution is -2.35. The zero-order valence-electron chi connectivity index (χ0n) is 19.1. The van der Waals surface area contributed by atoms with E-state index >= 15 is 0 Å². The number of alkyl carbamates (subject to hydrolysis) is 1. The maximum atomic E-state index is 12.5. The minimum absolute atomic E-state index is 0.108. The summed E-state index contributed by atoms with van der Waals surface area (Å²) in [5.41, 5.74) is 1.68. The largest absolute Gasteiger partial charge is 0.444 e. The fraction of sp³-hybridized carbons (Fsp3) is 0.619. The van der Waals surface area contributed by atoms with E-state index in [4.69, 9.17) is 14.3 Å². The van der Waals surface area contributed by atoms with Gasteiger partial charge in [0, 0.05) is 22.4 Å². The molecule has 0 fully saturated rings. The molecule has 0 aromatic carbocycles. The van der Waals surface area contributed by atoms with Crippen molar-refractivity contribution < 1.29 is 22.5 Å². The van der Waals surface area contributed by atoms with E-state index in [1.807, 2.05) is 39.2 Å². The third-order valence-electron chi connectivity index (χ3n) is 4.59. The minimum atomic E-state index is -4.31. The molecule has 2 atom stereocenters. The lowest BCUT2D eigenvalue weighted by Gasteiger charge is -2.26. The molecule has 10 heteroatoms. The predicted octanol–water partition coefficient (Wildman–Crippen LogP) is 4.64. The van der Waals surface area contributed by atoms with Crippen molar-refractivity contribution in [3.8, 4) is 0 Å². The van der Waals surface area contributed by atoms with Crippen LogP contribution in [0.5, 0.6) is 0 Å². The molecular weight excluding hydrogens is 438 g/mol. The zero-order valence-corrected chi connectivity index (χ0v) is 20.8. The summed E-state index contributed by atoms with van der Waals surface area (Å²) < 4.78 is 38.9. The van der Waals surface area contributed by atoms with E-state index in [0.29, 0.717) is 18.5 Å². The Morgan fingerprint density at radius 2 is 1.94 bits per heavy atom. The van der Waals surface area contributed by atoms with Gasteiger partial charge in [-0.15, -0.1) is 11.3 Å². The Morgan fingerprint density at radius 3 is 2.42 bits per heavy atom. The highest BCUT2D eigenvalue weighted by atomic mass is 32.2. The van der Waals surface area contributed by atoms with E-state index in [1.165, 1.54) is 11.3 Å². The standard InChI is InChI=1S/C21H33N3O5S2/c1-13-10-14(8-9-15(13)24-31(26,27)28)11-16(22-19(25)29-21(5,6)7)18-23-17(12-30-18)20(2,3)4/h8-9,12-13,16,24H,10-11H2,1-7H3,(H,22,25)(H,26,27,28)/t13?,16-/m0/s1. The molecule has 0 bridgehead atoms. The van der Waals surface area contributed by atoms with E-state index in [9.17, 15) is 13.2 Å². The molecule has 0 aliphatic heterocycles. The molecule has 0 saturated carbocycles. The molecule has 1 heterocycles. The SMILES string of the molecule is CC1CC(C[C@H](NC(=O)OC(C)(C)C)c2nc(C(C)(C)C)cs2)=CC=C1NS(=O)(=O)O. The van der Waals surface area contributed by atoms with Gasteiger partial charge >= 0.3 is 16.4 Å². The Kier molecular flexibility index (Phi) is 7.60. The average Bonchev–Trinajstić information content (AvgIpc) is 3.04. The maximum absolute atomic E-state index is 12.5. The smallest absolute Gasteiger partial charge is 0.408 e. The topological polar surface area (TPSA) is 118 Å². The van der Waals surface area contributed by atoms with Gasteiger partial charge in [-0.3, -0.25) is 9.27 Å². The van der Waals surface area contributed by atoms with Gasteiger partial charge in [0.15, 0.2) is 0 Å². The summed E-state index contributed by atoms with van der Waals surface area (Å²) in [5.74, 6) is -0.134. The van der Waals surface area contributed by atoms with E-state index in [1.54, 1.807) is 6.08 Å². The first-order valence-electron chi connectivity index (χ1n) is 10.1. The summed E-state index contributed by atoms with van der Waals surface area (Å²) in [6, 6.07) is -0.376. The van der Waals surface area contributed by atoms with Crippen molar-refractivity contribution in [2.24, 2.45) is 5.92 Å². The molecule has 31 heavy (non-hydrogen) atoms. The summed E-state index contributed by atoms with van der Waals surface area (Å²) in [4.78, 5) is 17.2. The van der Waals surface area contributed by atoms with Crippen LogP contribution in [0.15, 0.2) is 28.8 Å². The Hall–Kier alpha value is -1.91. The molecule has 1 amide bonds. The predicted molar refractivity (Wildman–Crippen MR) is 122 cm³/mol. The lowest BCUT2D eigenvalue weighted by atomic mass is 9.89. The highest BCUT2D eigenvalue weighted by molar-refractivity contribution is 7.83. The monoisotopic (exact) mass is 471 g/mol. The molecule has 0 radical (unpaired) electrons. The van der Waals surface area contributed by atoms with Gasteiger partial charge in [0.2, 0.25) is 0 Å². The summed E-state index contributed by atoms with van der Waals surface area (Å²) in [6.45, 7) is 13.5. The first-order chi connectivity index (χ1) is 14.0. The van der Waals surface area contributed by atoms with Crippen LogP contribution in [0.4, 0.5) is 4.79 Å². The van der Waals surface area contributed by atoms with Gasteiger partial charge in [0.1, 0.15) is 10.6 Å². The number of thiazole rings is 1. The Labute approximate surface area is 189 Å². The molecule has 1 aliphatic carbocycles. The van der Waals surface area contributed by atoms with Gasteiger partial charge in [-0.25, -0.2) is 9.78 Å². The Bertz CT molecular complexity index is 966. The van der Waals surface area contributed by atoms with E-state index < -0.39 is 22.0 Å². The summed E-state index contributed by atoms with van der Waals surface area (Å²) in [5, 5.41) is 5.73. The van der Waals surface area contributed by atoms with Crippen LogP contribution >= 0.6 is 11.3 Å². The second kappa shape index (κ2) is 9.30. The van der Waals surface area contributed by atoms with Crippen molar-refractivity contribution in [2.45, 2.75) is 78.4 Å². The number of aromatic nitrogens is 1. The molecule has 0 saturated heterocycles. The second-order valence-corrected chi connectivity index (χ2v) is 11.9. The van der Waals surface area contributed by atoms with Gasteiger partial charge in [-0.2, -0.15) is 8.42 Å². The fourth-order valence-corrected chi connectivity index (χ4v) is 4.75. The molecule has 8 nitrogen and oxygen atoms in total. The number of allylic oxidation sites excluding steroid dienone is 3. The maximum Gasteiger partial charge on any atom is 0.408 e. The molecule has 3 N–H and O–H groups in total. The number of nitrogens with one attached hydrogen (secondary N) is 2. The first-order valence-corrected chi connectivity index (χ1v) is 12.5. The van der Waals surface area contributed by atoms with E-state index in [-0.39, 0.29) is 17.4 Å². The number of rotatable bonds is 6. The highest BCUT2D eigenvalue weighted by Crippen LogP contribution is 2.33. The van der Waals surface area contributed by atoms with Crippen molar-refractivity contribution in [3.63, 3.8) is 0 Å². The zero-order chi connectivity index (χ0) is 23.6. The number of ether oxygens (including phenoxy) is 1. The van der Waals surface area contributed by atoms with E-state index in [2.05, 4.69) is 30.8 Å². The van der Waals surface area contributed by atoms with Gasteiger partial charge in [-0.05, 0) is 39.7 Å². The second-order valence-electron chi connectivity index (χ2n) is 9.85. The fourth-order valence-electron chi connectivity index (χ4n) is 3.08. The molecule has 0 spiro atoms. The van der Waals surface area contributed by atoms with Crippen LogP contribution in [-0.4, -0.2) is 29.6 Å². The quantitative estimate of drug-likeness (QED) is 0.520.